The summed E-state index contributed by atoms with van der Waals surface area (Å²) in [7, 11) is 0. The van der Waals surface area contributed by atoms with Gasteiger partial charge >= 0.3 is 0 Å². The lowest BCUT2D eigenvalue weighted by Crippen LogP contribution is -2.10. The highest BCUT2D eigenvalue weighted by atomic mass is 32.2. The minimum absolute atomic E-state index is 0.0284. The zero-order valence-corrected chi connectivity index (χ0v) is 11.3. The number of hydrogen-bond acceptors (Lipinski definition) is 2. The lowest BCUT2D eigenvalue weighted by molar-refractivity contribution is -0.118. The van der Waals surface area contributed by atoms with Gasteiger partial charge in [-0.1, -0.05) is 30.3 Å². The Hall–Kier alpha value is -1.48. The fourth-order valence-electron chi connectivity index (χ4n) is 2.03. The summed E-state index contributed by atoms with van der Waals surface area (Å²) < 4.78 is 0. The van der Waals surface area contributed by atoms with Gasteiger partial charge < -0.3 is 5.32 Å². The van der Waals surface area contributed by atoms with E-state index in [1.807, 2.05) is 5.41 Å². The number of amides is 1. The molecule has 3 heteroatoms. The van der Waals surface area contributed by atoms with Crippen molar-refractivity contribution in [1.82, 2.24) is 5.32 Å². The molecular formula is C15H17NOS. The molecule has 0 bridgehead atoms. The van der Waals surface area contributed by atoms with E-state index >= 15 is 0 Å². The first-order valence-corrected chi connectivity index (χ1v) is 7.13. The predicted molar refractivity (Wildman–Crippen MR) is 78.2 cm³/mol. The fraction of sp³-hybridized carbons (Fsp3) is 0.267. The van der Waals surface area contributed by atoms with Crippen LogP contribution in [0, 0.1) is 0 Å². The van der Waals surface area contributed by atoms with E-state index in [-0.39, 0.29) is 5.91 Å². The average molecular weight is 259 g/mol. The second kappa shape index (κ2) is 6.45. The van der Waals surface area contributed by atoms with Gasteiger partial charge in [0, 0.05) is 18.9 Å². The summed E-state index contributed by atoms with van der Waals surface area (Å²) in [6, 6.07) is 8.59. The van der Waals surface area contributed by atoms with Gasteiger partial charge in [0.05, 0.1) is 0 Å². The summed E-state index contributed by atoms with van der Waals surface area (Å²) in [6.07, 6.45) is 6.16. The van der Waals surface area contributed by atoms with E-state index in [4.69, 9.17) is 0 Å². The van der Waals surface area contributed by atoms with Gasteiger partial charge in [-0.05, 0) is 34.9 Å². The van der Waals surface area contributed by atoms with E-state index in [1.165, 1.54) is 23.6 Å². The standard InChI is InChI=1S/C15H17NOS/c1-12(17)16-9-11-18-10-8-14-7-6-13-4-2-3-5-15(13)14/h2-5,7,9,11H,6,8,10H2,1H3,(H,16,17)/b11-9+. The lowest BCUT2D eigenvalue weighted by atomic mass is 10.0. The number of benzene rings is 1. The van der Waals surface area contributed by atoms with Gasteiger partial charge in [-0.2, -0.15) is 0 Å². The number of fused-ring (bicyclic) bond motifs is 1. The van der Waals surface area contributed by atoms with E-state index in [9.17, 15) is 4.79 Å². The Bertz CT molecular complexity index is 491. The third kappa shape index (κ3) is 3.50. The quantitative estimate of drug-likeness (QED) is 0.822. The van der Waals surface area contributed by atoms with Crippen LogP contribution in [0.15, 0.2) is 41.9 Å². The van der Waals surface area contributed by atoms with Crippen LogP contribution in [0.4, 0.5) is 0 Å². The molecule has 1 N–H and O–H groups in total. The molecule has 0 atom stereocenters. The van der Waals surface area contributed by atoms with Crippen LogP contribution in [0.2, 0.25) is 0 Å². The Morgan fingerprint density at radius 3 is 3.11 bits per heavy atom. The SMILES string of the molecule is CC(=O)N/C=C/SCCC1=CCc2ccccc21. The molecule has 2 rings (SSSR count). The molecule has 0 aliphatic heterocycles. The lowest BCUT2D eigenvalue weighted by Gasteiger charge is -2.04. The van der Waals surface area contributed by atoms with E-state index in [0.29, 0.717) is 0 Å². The Kier molecular flexibility index (Phi) is 4.65. The molecule has 0 fully saturated rings. The second-order valence-electron chi connectivity index (χ2n) is 4.21. The van der Waals surface area contributed by atoms with E-state index in [2.05, 4.69) is 35.7 Å². The summed E-state index contributed by atoms with van der Waals surface area (Å²) in [5.74, 6) is 1.01. The van der Waals surface area contributed by atoms with Gasteiger partial charge in [0.2, 0.25) is 5.91 Å². The summed E-state index contributed by atoms with van der Waals surface area (Å²) in [5.41, 5.74) is 4.29. The number of rotatable bonds is 5. The average Bonchev–Trinajstić information content (AvgIpc) is 2.77. The van der Waals surface area contributed by atoms with Crippen LogP contribution >= 0.6 is 11.8 Å². The molecule has 0 spiro atoms. The number of hydrogen-bond donors (Lipinski definition) is 1. The maximum absolute atomic E-state index is 10.6. The normalized spacial score (nSPS) is 13.5. The Labute approximate surface area is 112 Å². The Morgan fingerprint density at radius 2 is 2.28 bits per heavy atom. The molecule has 1 aliphatic carbocycles. The molecule has 0 heterocycles. The number of allylic oxidation sites excluding steroid dienone is 2. The van der Waals surface area contributed by atoms with Crippen molar-refractivity contribution >= 4 is 23.2 Å². The smallest absolute Gasteiger partial charge is 0.220 e. The zero-order valence-electron chi connectivity index (χ0n) is 10.5. The van der Waals surface area contributed by atoms with Crippen LogP contribution in [-0.2, 0) is 11.2 Å². The van der Waals surface area contributed by atoms with Crippen molar-refractivity contribution in [2.45, 2.75) is 19.8 Å². The predicted octanol–water partition coefficient (Wildman–Crippen LogP) is 3.36. The maximum atomic E-state index is 10.6. The van der Waals surface area contributed by atoms with Crippen LogP contribution < -0.4 is 5.32 Å². The van der Waals surface area contributed by atoms with Crippen LogP contribution in [0.25, 0.3) is 5.57 Å². The first kappa shape index (κ1) is 13.0. The molecule has 0 saturated carbocycles. The van der Waals surface area contributed by atoms with Crippen molar-refractivity contribution in [1.29, 1.82) is 0 Å². The van der Waals surface area contributed by atoms with E-state index < -0.39 is 0 Å². The number of thioether (sulfide) groups is 1. The Balaban J connectivity index is 1.76. The molecule has 1 aliphatic rings. The van der Waals surface area contributed by atoms with Crippen molar-refractivity contribution < 1.29 is 4.79 Å². The van der Waals surface area contributed by atoms with E-state index in [0.717, 1.165) is 18.6 Å². The molecule has 0 unspecified atom stereocenters. The third-order valence-corrected chi connectivity index (χ3v) is 3.64. The van der Waals surface area contributed by atoms with Crippen LogP contribution in [-0.4, -0.2) is 11.7 Å². The van der Waals surface area contributed by atoms with Crippen molar-refractivity contribution in [3.8, 4) is 0 Å². The molecule has 0 aromatic heterocycles. The molecule has 1 aromatic carbocycles. The van der Waals surface area contributed by atoms with Crippen LogP contribution in [0.1, 0.15) is 24.5 Å². The maximum Gasteiger partial charge on any atom is 0.220 e. The minimum atomic E-state index is -0.0284. The zero-order chi connectivity index (χ0) is 12.8. The highest BCUT2D eigenvalue weighted by molar-refractivity contribution is 8.02. The highest BCUT2D eigenvalue weighted by Crippen LogP contribution is 2.30. The molecule has 18 heavy (non-hydrogen) atoms. The first-order chi connectivity index (χ1) is 8.77. The molecule has 1 amide bonds. The minimum Gasteiger partial charge on any atom is -0.332 e. The molecule has 94 valence electrons. The molecular weight excluding hydrogens is 242 g/mol. The summed E-state index contributed by atoms with van der Waals surface area (Å²) in [5, 5.41) is 4.57. The van der Waals surface area contributed by atoms with Crippen molar-refractivity contribution in [3.05, 3.63) is 53.1 Å². The molecule has 0 saturated heterocycles. The monoisotopic (exact) mass is 259 g/mol. The van der Waals surface area contributed by atoms with Gasteiger partial charge in [-0.15, -0.1) is 11.8 Å². The molecule has 0 radical (unpaired) electrons. The third-order valence-electron chi connectivity index (χ3n) is 2.87. The molecule has 1 aromatic rings. The van der Waals surface area contributed by atoms with Gasteiger partial charge in [0.1, 0.15) is 0 Å². The van der Waals surface area contributed by atoms with Gasteiger partial charge in [-0.25, -0.2) is 0 Å². The Morgan fingerprint density at radius 1 is 1.44 bits per heavy atom. The number of nitrogens with one attached hydrogen (secondary N) is 1. The van der Waals surface area contributed by atoms with Crippen LogP contribution in [0.5, 0.6) is 0 Å². The van der Waals surface area contributed by atoms with Crippen molar-refractivity contribution in [2.75, 3.05) is 5.75 Å². The van der Waals surface area contributed by atoms with Crippen molar-refractivity contribution in [2.24, 2.45) is 0 Å². The number of carbonyl (C=O) groups is 1. The second-order valence-corrected chi connectivity index (χ2v) is 5.23. The first-order valence-electron chi connectivity index (χ1n) is 6.08. The molecule has 2 nitrogen and oxygen atoms in total. The highest BCUT2D eigenvalue weighted by Gasteiger charge is 2.11. The summed E-state index contributed by atoms with van der Waals surface area (Å²) in [6.45, 7) is 1.51. The van der Waals surface area contributed by atoms with Gasteiger partial charge in [0.25, 0.3) is 0 Å². The van der Waals surface area contributed by atoms with Crippen molar-refractivity contribution in [3.63, 3.8) is 0 Å². The topological polar surface area (TPSA) is 29.1 Å². The largest absolute Gasteiger partial charge is 0.332 e. The van der Waals surface area contributed by atoms with Gasteiger partial charge in [-0.3, -0.25) is 4.79 Å². The van der Waals surface area contributed by atoms with E-state index in [1.54, 1.807) is 18.0 Å². The summed E-state index contributed by atoms with van der Waals surface area (Å²) in [4.78, 5) is 10.6. The van der Waals surface area contributed by atoms with Crippen LogP contribution in [0.3, 0.4) is 0 Å². The van der Waals surface area contributed by atoms with Gasteiger partial charge in [0.15, 0.2) is 0 Å². The number of carbonyl (C=O) groups excluding carboxylic acids is 1. The fourth-order valence-corrected chi connectivity index (χ4v) is 2.67. The summed E-state index contributed by atoms with van der Waals surface area (Å²) >= 11 is 1.72.